The van der Waals surface area contributed by atoms with E-state index in [1.54, 1.807) is 0 Å². The fourth-order valence-corrected chi connectivity index (χ4v) is 2.50. The molecule has 0 bridgehead atoms. The van der Waals surface area contributed by atoms with Crippen LogP contribution in [0.15, 0.2) is 41.0 Å². The van der Waals surface area contributed by atoms with Crippen LogP contribution in [-0.4, -0.2) is 16.5 Å². The van der Waals surface area contributed by atoms with Gasteiger partial charge in [-0.25, -0.2) is 9.97 Å². The van der Waals surface area contributed by atoms with Crippen molar-refractivity contribution in [2.24, 2.45) is 0 Å². The van der Waals surface area contributed by atoms with Crippen LogP contribution < -0.4 is 5.32 Å². The number of halogens is 1. The first-order valence-electron chi connectivity index (χ1n) is 7.01. The molecule has 1 aromatic heterocycles. The van der Waals surface area contributed by atoms with Gasteiger partial charge in [-0.1, -0.05) is 44.2 Å². The Morgan fingerprint density at radius 3 is 2.65 bits per heavy atom. The molecule has 0 radical (unpaired) electrons. The first-order chi connectivity index (χ1) is 9.69. The SMILES string of the molecule is CCc1nc(Br)cc(NCCC(C)c2ccccc2)n1. The smallest absolute Gasteiger partial charge is 0.131 e. The van der Waals surface area contributed by atoms with E-state index in [-0.39, 0.29) is 0 Å². The molecule has 20 heavy (non-hydrogen) atoms. The summed E-state index contributed by atoms with van der Waals surface area (Å²) in [7, 11) is 0. The lowest BCUT2D eigenvalue weighted by Crippen LogP contribution is -2.08. The molecule has 0 fully saturated rings. The summed E-state index contributed by atoms with van der Waals surface area (Å²) in [6.45, 7) is 5.22. The Morgan fingerprint density at radius 1 is 1.20 bits per heavy atom. The average molecular weight is 334 g/mol. The number of aromatic nitrogens is 2. The first kappa shape index (κ1) is 15.0. The maximum Gasteiger partial charge on any atom is 0.131 e. The number of anilines is 1. The van der Waals surface area contributed by atoms with E-state index in [9.17, 15) is 0 Å². The fraction of sp³-hybridized carbons (Fsp3) is 0.375. The molecule has 3 nitrogen and oxygen atoms in total. The number of rotatable bonds is 6. The van der Waals surface area contributed by atoms with E-state index in [2.05, 4.69) is 75.4 Å². The molecule has 0 amide bonds. The van der Waals surface area contributed by atoms with Crippen LogP contribution in [0.5, 0.6) is 0 Å². The van der Waals surface area contributed by atoms with Crippen molar-refractivity contribution in [1.82, 2.24) is 9.97 Å². The van der Waals surface area contributed by atoms with Crippen molar-refractivity contribution >= 4 is 21.7 Å². The van der Waals surface area contributed by atoms with Crippen LogP contribution in [0.25, 0.3) is 0 Å². The van der Waals surface area contributed by atoms with E-state index in [1.165, 1.54) is 5.56 Å². The van der Waals surface area contributed by atoms with Gasteiger partial charge in [0.1, 0.15) is 16.2 Å². The van der Waals surface area contributed by atoms with Crippen LogP contribution in [0.2, 0.25) is 0 Å². The van der Waals surface area contributed by atoms with Crippen molar-refractivity contribution in [1.29, 1.82) is 0 Å². The van der Waals surface area contributed by atoms with Crippen LogP contribution in [-0.2, 0) is 6.42 Å². The third-order valence-electron chi connectivity index (χ3n) is 3.31. The zero-order valence-corrected chi connectivity index (χ0v) is 13.5. The number of benzene rings is 1. The van der Waals surface area contributed by atoms with Gasteiger partial charge in [0.05, 0.1) is 0 Å². The second kappa shape index (κ2) is 7.39. The Hall–Kier alpha value is -1.42. The molecule has 106 valence electrons. The summed E-state index contributed by atoms with van der Waals surface area (Å²) in [6, 6.07) is 12.5. The monoisotopic (exact) mass is 333 g/mol. The second-order valence-electron chi connectivity index (χ2n) is 4.87. The molecular weight excluding hydrogens is 314 g/mol. The van der Waals surface area contributed by atoms with E-state index in [0.717, 1.165) is 35.6 Å². The van der Waals surface area contributed by atoms with Gasteiger partial charge in [-0.2, -0.15) is 0 Å². The average Bonchev–Trinajstić information content (AvgIpc) is 2.47. The number of nitrogens with one attached hydrogen (secondary N) is 1. The summed E-state index contributed by atoms with van der Waals surface area (Å²) >= 11 is 3.42. The predicted molar refractivity (Wildman–Crippen MR) is 87.1 cm³/mol. The highest BCUT2D eigenvalue weighted by molar-refractivity contribution is 9.10. The molecule has 0 spiro atoms. The molecule has 4 heteroatoms. The molecule has 1 atom stereocenters. The van der Waals surface area contributed by atoms with Crippen molar-refractivity contribution in [3.8, 4) is 0 Å². The summed E-state index contributed by atoms with van der Waals surface area (Å²) < 4.78 is 0.836. The van der Waals surface area contributed by atoms with Gasteiger partial charge in [-0.3, -0.25) is 0 Å². The van der Waals surface area contributed by atoms with Gasteiger partial charge in [0.25, 0.3) is 0 Å². The fourth-order valence-electron chi connectivity index (χ4n) is 2.08. The molecule has 1 heterocycles. The minimum atomic E-state index is 0.541. The van der Waals surface area contributed by atoms with Gasteiger partial charge in [-0.15, -0.1) is 0 Å². The molecule has 2 rings (SSSR count). The zero-order valence-electron chi connectivity index (χ0n) is 11.9. The summed E-state index contributed by atoms with van der Waals surface area (Å²) in [5.74, 6) is 2.29. The Morgan fingerprint density at radius 2 is 1.95 bits per heavy atom. The lowest BCUT2D eigenvalue weighted by atomic mass is 9.98. The Labute approximate surface area is 129 Å². The minimum absolute atomic E-state index is 0.541. The van der Waals surface area contributed by atoms with Gasteiger partial charge in [-0.05, 0) is 33.8 Å². The van der Waals surface area contributed by atoms with Gasteiger partial charge >= 0.3 is 0 Å². The van der Waals surface area contributed by atoms with Gasteiger partial charge in [0, 0.05) is 19.0 Å². The van der Waals surface area contributed by atoms with E-state index < -0.39 is 0 Å². The van der Waals surface area contributed by atoms with Crippen molar-refractivity contribution in [3.63, 3.8) is 0 Å². The highest BCUT2D eigenvalue weighted by atomic mass is 79.9. The molecule has 1 unspecified atom stereocenters. The van der Waals surface area contributed by atoms with Crippen LogP contribution in [0.1, 0.15) is 37.6 Å². The largest absolute Gasteiger partial charge is 0.370 e. The quantitative estimate of drug-likeness (QED) is 0.796. The van der Waals surface area contributed by atoms with Crippen molar-refractivity contribution in [2.45, 2.75) is 32.6 Å². The number of hydrogen-bond donors (Lipinski definition) is 1. The molecule has 1 aromatic carbocycles. The van der Waals surface area contributed by atoms with Crippen molar-refractivity contribution < 1.29 is 0 Å². The lowest BCUT2D eigenvalue weighted by Gasteiger charge is -2.13. The van der Waals surface area contributed by atoms with E-state index >= 15 is 0 Å². The van der Waals surface area contributed by atoms with Gasteiger partial charge < -0.3 is 5.32 Å². The molecule has 2 aromatic rings. The molecule has 0 saturated heterocycles. The van der Waals surface area contributed by atoms with Gasteiger partial charge in [0.2, 0.25) is 0 Å². The van der Waals surface area contributed by atoms with E-state index in [0.29, 0.717) is 5.92 Å². The van der Waals surface area contributed by atoms with Crippen LogP contribution in [0, 0.1) is 0 Å². The Bertz CT molecular complexity index is 543. The molecule has 1 N–H and O–H groups in total. The molecule has 0 aliphatic rings. The third-order valence-corrected chi connectivity index (χ3v) is 3.72. The topological polar surface area (TPSA) is 37.8 Å². The Balaban J connectivity index is 1.88. The normalized spacial score (nSPS) is 12.2. The number of aryl methyl sites for hydroxylation is 1. The maximum atomic E-state index is 4.47. The predicted octanol–water partition coefficient (Wildman–Crippen LogP) is 4.41. The first-order valence-corrected chi connectivity index (χ1v) is 7.80. The van der Waals surface area contributed by atoms with Crippen LogP contribution in [0.4, 0.5) is 5.82 Å². The van der Waals surface area contributed by atoms with E-state index in [4.69, 9.17) is 0 Å². The summed E-state index contributed by atoms with van der Waals surface area (Å²) in [5, 5.41) is 3.38. The standard InChI is InChI=1S/C16H20BrN3/c1-3-15-19-14(17)11-16(20-15)18-10-9-12(2)13-7-5-4-6-8-13/h4-8,11-12H,3,9-10H2,1-2H3,(H,18,19,20). The number of hydrogen-bond acceptors (Lipinski definition) is 3. The summed E-state index contributed by atoms with van der Waals surface area (Å²) in [5.41, 5.74) is 1.38. The highest BCUT2D eigenvalue weighted by Gasteiger charge is 2.05. The molecule has 0 aliphatic heterocycles. The summed E-state index contributed by atoms with van der Waals surface area (Å²) in [6.07, 6.45) is 1.92. The van der Waals surface area contributed by atoms with Gasteiger partial charge in [0.15, 0.2) is 0 Å². The maximum absolute atomic E-state index is 4.47. The van der Waals surface area contributed by atoms with Crippen LogP contribution >= 0.6 is 15.9 Å². The van der Waals surface area contributed by atoms with Crippen LogP contribution in [0.3, 0.4) is 0 Å². The number of nitrogens with zero attached hydrogens (tertiary/aromatic N) is 2. The zero-order chi connectivity index (χ0) is 14.4. The second-order valence-corrected chi connectivity index (χ2v) is 5.69. The highest BCUT2D eigenvalue weighted by Crippen LogP contribution is 2.19. The van der Waals surface area contributed by atoms with Crippen molar-refractivity contribution in [3.05, 3.63) is 52.4 Å². The molecular formula is C16H20BrN3. The third kappa shape index (κ3) is 4.30. The molecule has 0 aliphatic carbocycles. The lowest BCUT2D eigenvalue weighted by molar-refractivity contribution is 0.704. The minimum Gasteiger partial charge on any atom is -0.370 e. The molecule has 0 saturated carbocycles. The van der Waals surface area contributed by atoms with E-state index in [1.807, 2.05) is 6.07 Å². The Kier molecular flexibility index (Phi) is 5.53. The van der Waals surface area contributed by atoms with Crippen molar-refractivity contribution in [2.75, 3.05) is 11.9 Å². The summed E-state index contributed by atoms with van der Waals surface area (Å²) in [4.78, 5) is 8.78.